The minimum Gasteiger partial charge on any atom is -0.381 e. The average Bonchev–Trinajstić information content (AvgIpc) is 2.76. The topological polar surface area (TPSA) is 47.0 Å². The zero-order valence-corrected chi connectivity index (χ0v) is 18.3. The Bertz CT molecular complexity index is 818. The van der Waals surface area contributed by atoms with Crippen molar-refractivity contribution in [3.05, 3.63) is 40.1 Å². The van der Waals surface area contributed by atoms with E-state index in [0.29, 0.717) is 16.0 Å². The van der Waals surface area contributed by atoms with E-state index in [1.54, 1.807) is 6.20 Å². The van der Waals surface area contributed by atoms with Gasteiger partial charge in [0, 0.05) is 37.2 Å². The maximum absolute atomic E-state index is 6.51. The highest BCUT2D eigenvalue weighted by atomic mass is 35.5. The van der Waals surface area contributed by atoms with Crippen LogP contribution in [0.3, 0.4) is 0 Å². The van der Waals surface area contributed by atoms with Crippen molar-refractivity contribution < 1.29 is 4.74 Å². The molecule has 29 heavy (non-hydrogen) atoms. The first-order valence-corrected chi connectivity index (χ1v) is 11.6. The molecule has 0 atom stereocenters. The van der Waals surface area contributed by atoms with E-state index in [0.717, 1.165) is 67.7 Å². The molecule has 0 unspecified atom stereocenters. The normalized spacial score (nSPS) is 18.7. The molecule has 4 nitrogen and oxygen atoms in total. The van der Waals surface area contributed by atoms with Crippen molar-refractivity contribution in [2.45, 2.75) is 51.4 Å². The second-order valence-electron chi connectivity index (χ2n) is 8.33. The summed E-state index contributed by atoms with van der Waals surface area (Å²) < 4.78 is 5.44. The van der Waals surface area contributed by atoms with Crippen LogP contribution >= 0.6 is 23.2 Å². The number of hydrogen-bond donors (Lipinski definition) is 1. The highest BCUT2D eigenvalue weighted by Crippen LogP contribution is 2.34. The first-order valence-electron chi connectivity index (χ1n) is 10.8. The predicted octanol–water partition coefficient (Wildman–Crippen LogP) is 6.41. The second kappa shape index (κ2) is 10.1. The summed E-state index contributed by atoms with van der Waals surface area (Å²) in [6, 6.07) is 5.91. The van der Waals surface area contributed by atoms with Crippen molar-refractivity contribution in [1.82, 2.24) is 9.97 Å². The third kappa shape index (κ3) is 5.62. The first-order chi connectivity index (χ1) is 14.2. The number of pyridine rings is 2. The van der Waals surface area contributed by atoms with Crippen LogP contribution in [0.15, 0.2) is 24.4 Å². The largest absolute Gasteiger partial charge is 0.381 e. The number of ether oxygens (including phenoxy) is 1. The predicted molar refractivity (Wildman–Crippen MR) is 120 cm³/mol. The Morgan fingerprint density at radius 3 is 2.55 bits per heavy atom. The van der Waals surface area contributed by atoms with Gasteiger partial charge in [0.05, 0.1) is 15.7 Å². The molecule has 1 aliphatic carbocycles. The van der Waals surface area contributed by atoms with Gasteiger partial charge in [-0.1, -0.05) is 55.3 Å². The summed E-state index contributed by atoms with van der Waals surface area (Å²) in [7, 11) is 0. The average molecular weight is 434 g/mol. The number of aromatic nitrogens is 2. The van der Waals surface area contributed by atoms with Gasteiger partial charge in [0.2, 0.25) is 0 Å². The van der Waals surface area contributed by atoms with Crippen molar-refractivity contribution in [1.29, 1.82) is 0 Å². The molecule has 0 spiro atoms. The molecule has 2 aliphatic rings. The molecule has 156 valence electrons. The van der Waals surface area contributed by atoms with E-state index in [9.17, 15) is 0 Å². The van der Waals surface area contributed by atoms with Crippen molar-refractivity contribution in [2.24, 2.45) is 11.8 Å². The SMILES string of the molecule is Clc1cnc(CC2CCCCC2)cc1-c1nc(NCC2CCOCC2)ccc1Cl. The number of rotatable bonds is 6. The van der Waals surface area contributed by atoms with Crippen LogP contribution in [-0.2, 0) is 11.2 Å². The molecule has 3 heterocycles. The van der Waals surface area contributed by atoms with Gasteiger partial charge in [0.1, 0.15) is 5.82 Å². The second-order valence-corrected chi connectivity index (χ2v) is 9.14. The molecule has 1 saturated carbocycles. The van der Waals surface area contributed by atoms with Crippen LogP contribution in [0.25, 0.3) is 11.3 Å². The van der Waals surface area contributed by atoms with Gasteiger partial charge in [-0.05, 0) is 49.3 Å². The lowest BCUT2D eigenvalue weighted by Gasteiger charge is -2.22. The quantitative estimate of drug-likeness (QED) is 0.571. The molecule has 2 aromatic heterocycles. The molecular formula is C23H29Cl2N3O. The Labute approximate surface area is 183 Å². The fourth-order valence-corrected chi connectivity index (χ4v) is 4.79. The molecule has 6 heteroatoms. The zero-order chi connectivity index (χ0) is 20.1. The van der Waals surface area contributed by atoms with Crippen LogP contribution in [0.5, 0.6) is 0 Å². The standard InChI is InChI=1S/C23H29Cl2N3O/c24-20-6-7-22(27-14-17-8-10-29-11-9-17)28-23(20)19-13-18(26-15-21(19)25)12-16-4-2-1-3-5-16/h6-7,13,15-17H,1-5,8-12,14H2,(H,27,28). The fourth-order valence-electron chi connectivity index (χ4n) is 4.39. The minimum atomic E-state index is 0.591. The monoisotopic (exact) mass is 433 g/mol. The summed E-state index contributed by atoms with van der Waals surface area (Å²) in [4.78, 5) is 9.37. The number of nitrogens with one attached hydrogen (secondary N) is 1. The highest BCUT2D eigenvalue weighted by molar-refractivity contribution is 6.36. The van der Waals surface area contributed by atoms with E-state index in [-0.39, 0.29) is 0 Å². The number of hydrogen-bond acceptors (Lipinski definition) is 4. The van der Waals surface area contributed by atoms with Crippen molar-refractivity contribution in [3.8, 4) is 11.3 Å². The molecule has 1 N–H and O–H groups in total. The third-order valence-electron chi connectivity index (χ3n) is 6.15. The van der Waals surface area contributed by atoms with Gasteiger partial charge < -0.3 is 10.1 Å². The van der Waals surface area contributed by atoms with Gasteiger partial charge >= 0.3 is 0 Å². The van der Waals surface area contributed by atoms with Gasteiger partial charge in [0.25, 0.3) is 0 Å². The Kier molecular flexibility index (Phi) is 7.28. The van der Waals surface area contributed by atoms with Gasteiger partial charge in [-0.2, -0.15) is 0 Å². The third-order valence-corrected chi connectivity index (χ3v) is 6.75. The molecule has 0 radical (unpaired) electrons. The molecule has 2 fully saturated rings. The molecule has 0 aromatic carbocycles. The highest BCUT2D eigenvalue weighted by Gasteiger charge is 2.18. The van der Waals surface area contributed by atoms with E-state index in [1.807, 2.05) is 12.1 Å². The van der Waals surface area contributed by atoms with E-state index in [2.05, 4.69) is 16.4 Å². The summed E-state index contributed by atoms with van der Waals surface area (Å²) >= 11 is 13.0. The van der Waals surface area contributed by atoms with Gasteiger partial charge in [0.15, 0.2) is 0 Å². The maximum atomic E-state index is 6.51. The van der Waals surface area contributed by atoms with Crippen LogP contribution in [-0.4, -0.2) is 29.7 Å². The van der Waals surface area contributed by atoms with Crippen LogP contribution in [0.1, 0.15) is 50.6 Å². The smallest absolute Gasteiger partial charge is 0.126 e. The Morgan fingerprint density at radius 2 is 1.76 bits per heavy atom. The zero-order valence-electron chi connectivity index (χ0n) is 16.8. The summed E-state index contributed by atoms with van der Waals surface area (Å²) in [6.07, 6.45) is 11.6. The van der Waals surface area contributed by atoms with Crippen molar-refractivity contribution in [3.63, 3.8) is 0 Å². The van der Waals surface area contributed by atoms with E-state index in [4.69, 9.17) is 32.9 Å². The Morgan fingerprint density at radius 1 is 0.966 bits per heavy atom. The summed E-state index contributed by atoms with van der Waals surface area (Å²) in [5, 5.41) is 4.67. The van der Waals surface area contributed by atoms with Crippen molar-refractivity contribution in [2.75, 3.05) is 25.1 Å². The molecule has 1 aliphatic heterocycles. The molecular weight excluding hydrogens is 405 g/mol. The molecule has 0 amide bonds. The minimum absolute atomic E-state index is 0.591. The number of halogens is 2. The summed E-state index contributed by atoms with van der Waals surface area (Å²) in [5.74, 6) is 2.18. The molecule has 0 bridgehead atoms. The first kappa shape index (κ1) is 20.9. The van der Waals surface area contributed by atoms with Crippen LogP contribution in [0, 0.1) is 11.8 Å². The van der Waals surface area contributed by atoms with Gasteiger partial charge in [-0.3, -0.25) is 4.98 Å². The lowest BCUT2D eigenvalue weighted by Crippen LogP contribution is -2.22. The Hall–Kier alpha value is -1.36. The van der Waals surface area contributed by atoms with E-state index < -0.39 is 0 Å². The van der Waals surface area contributed by atoms with Crippen LogP contribution in [0.2, 0.25) is 10.0 Å². The molecule has 2 aromatic rings. The maximum Gasteiger partial charge on any atom is 0.126 e. The number of anilines is 1. The summed E-state index contributed by atoms with van der Waals surface area (Å²) in [6.45, 7) is 2.60. The van der Waals surface area contributed by atoms with Crippen molar-refractivity contribution >= 4 is 29.0 Å². The van der Waals surface area contributed by atoms with E-state index >= 15 is 0 Å². The van der Waals surface area contributed by atoms with Crippen LogP contribution < -0.4 is 5.32 Å². The van der Waals surface area contributed by atoms with Gasteiger partial charge in [-0.15, -0.1) is 0 Å². The fraction of sp³-hybridized carbons (Fsp3) is 0.565. The summed E-state index contributed by atoms with van der Waals surface area (Å²) in [5.41, 5.74) is 2.67. The van der Waals surface area contributed by atoms with Gasteiger partial charge in [-0.25, -0.2) is 4.98 Å². The lowest BCUT2D eigenvalue weighted by molar-refractivity contribution is 0.0699. The van der Waals surface area contributed by atoms with Crippen LogP contribution in [0.4, 0.5) is 5.82 Å². The molecule has 4 rings (SSSR count). The molecule has 1 saturated heterocycles. The lowest BCUT2D eigenvalue weighted by atomic mass is 9.86. The Balaban J connectivity index is 1.50. The number of nitrogens with zero attached hydrogens (tertiary/aromatic N) is 2. The van der Waals surface area contributed by atoms with E-state index in [1.165, 1.54) is 32.1 Å².